The third kappa shape index (κ3) is 2.25. The fourth-order valence-electron chi connectivity index (χ4n) is 1.64. The van der Waals surface area contributed by atoms with Gasteiger partial charge in [-0.15, -0.1) is 10.2 Å². The molecule has 0 bridgehead atoms. The lowest BCUT2D eigenvalue weighted by Crippen LogP contribution is -2.10. The molecule has 2 aromatic rings. The minimum Gasteiger partial charge on any atom is -0.294 e. The number of hydrogen-bond donors (Lipinski definition) is 0. The van der Waals surface area contributed by atoms with Crippen molar-refractivity contribution in [3.8, 4) is 11.4 Å². The monoisotopic (exact) mass is 289 g/mol. The van der Waals surface area contributed by atoms with E-state index >= 15 is 0 Å². The van der Waals surface area contributed by atoms with Gasteiger partial charge in [-0.1, -0.05) is 0 Å². The van der Waals surface area contributed by atoms with E-state index in [-0.39, 0.29) is 11.2 Å². The van der Waals surface area contributed by atoms with Crippen LogP contribution < -0.4 is 0 Å². The predicted octanol–water partition coefficient (Wildman–Crippen LogP) is 1.19. The number of nitrogens with zero attached hydrogens (tertiary/aromatic N) is 5. The molecule has 0 atom stereocenters. The minimum absolute atomic E-state index is 0.140. The molecule has 98 valence electrons. The summed E-state index contributed by atoms with van der Waals surface area (Å²) in [4.78, 5) is 0. The van der Waals surface area contributed by atoms with Gasteiger partial charge in [-0.3, -0.25) is 9.25 Å². The lowest BCUT2D eigenvalue weighted by atomic mass is 10.3. The third-order valence-electron chi connectivity index (χ3n) is 2.36. The Labute approximate surface area is 109 Å². The number of rotatable bonds is 3. The van der Waals surface area contributed by atoms with Crippen molar-refractivity contribution in [2.24, 2.45) is 7.05 Å². The molecular formula is C9H12ClN5O2S. The third-order valence-corrected chi connectivity index (χ3v) is 3.49. The first-order chi connectivity index (χ1) is 8.30. The number of aryl methyl sites for hydroxylation is 1. The number of aromatic nitrogens is 5. The summed E-state index contributed by atoms with van der Waals surface area (Å²) in [5, 5.41) is 11.3. The van der Waals surface area contributed by atoms with E-state index in [2.05, 4.69) is 15.3 Å². The van der Waals surface area contributed by atoms with E-state index in [1.165, 1.54) is 4.57 Å². The summed E-state index contributed by atoms with van der Waals surface area (Å²) in [7, 11) is 3.18. The Morgan fingerprint density at radius 2 is 2.00 bits per heavy atom. The highest BCUT2D eigenvalue weighted by Crippen LogP contribution is 2.25. The van der Waals surface area contributed by atoms with Gasteiger partial charge in [0.1, 0.15) is 0 Å². The van der Waals surface area contributed by atoms with E-state index in [9.17, 15) is 8.42 Å². The lowest BCUT2D eigenvalue weighted by Gasteiger charge is -2.11. The molecule has 0 fully saturated rings. The first-order valence-corrected chi connectivity index (χ1v) is 7.50. The van der Waals surface area contributed by atoms with Crippen molar-refractivity contribution in [1.82, 2.24) is 24.5 Å². The van der Waals surface area contributed by atoms with E-state index in [1.54, 1.807) is 24.1 Å². The van der Waals surface area contributed by atoms with Crippen molar-refractivity contribution in [3.05, 3.63) is 12.4 Å². The maximum atomic E-state index is 11.4. The number of halogens is 1. The van der Waals surface area contributed by atoms with Gasteiger partial charge in [-0.2, -0.15) is 5.10 Å². The van der Waals surface area contributed by atoms with Crippen molar-refractivity contribution in [3.63, 3.8) is 0 Å². The Hall–Kier alpha value is -1.41. The molecule has 18 heavy (non-hydrogen) atoms. The van der Waals surface area contributed by atoms with Crippen LogP contribution in [0.2, 0.25) is 0 Å². The summed E-state index contributed by atoms with van der Waals surface area (Å²) in [6.45, 7) is 3.66. The molecule has 2 rings (SSSR count). The summed E-state index contributed by atoms with van der Waals surface area (Å²) < 4.78 is 25.9. The van der Waals surface area contributed by atoms with Crippen LogP contribution in [0.3, 0.4) is 0 Å². The summed E-state index contributed by atoms with van der Waals surface area (Å²) >= 11 is 0. The molecule has 0 aliphatic rings. The zero-order valence-corrected chi connectivity index (χ0v) is 11.6. The molecule has 0 spiro atoms. The standard InChI is InChI=1S/C9H12ClN5O2S/c1-6(2)15-8(7-4-11-14(3)5-7)12-13-9(15)18(10,16)17/h4-6H,1-3H3. The van der Waals surface area contributed by atoms with Gasteiger partial charge in [0.25, 0.3) is 14.2 Å². The van der Waals surface area contributed by atoms with Gasteiger partial charge in [-0.25, -0.2) is 8.42 Å². The van der Waals surface area contributed by atoms with Gasteiger partial charge in [0, 0.05) is 30.0 Å². The molecule has 0 aliphatic heterocycles. The summed E-state index contributed by atoms with van der Waals surface area (Å²) in [6, 6.07) is -0.140. The highest BCUT2D eigenvalue weighted by Gasteiger charge is 2.25. The molecule has 2 heterocycles. The van der Waals surface area contributed by atoms with Crippen molar-refractivity contribution < 1.29 is 8.42 Å². The Balaban J connectivity index is 2.67. The van der Waals surface area contributed by atoms with E-state index in [0.29, 0.717) is 11.4 Å². The average Bonchev–Trinajstić information content (AvgIpc) is 2.80. The molecule has 7 nitrogen and oxygen atoms in total. The molecule has 0 N–H and O–H groups in total. The predicted molar refractivity (Wildman–Crippen MR) is 65.6 cm³/mol. The van der Waals surface area contributed by atoms with Crippen molar-refractivity contribution in [2.45, 2.75) is 25.0 Å². The normalized spacial score (nSPS) is 12.3. The highest BCUT2D eigenvalue weighted by atomic mass is 35.7. The second-order valence-electron chi connectivity index (χ2n) is 4.11. The second-order valence-corrected chi connectivity index (χ2v) is 6.57. The van der Waals surface area contributed by atoms with Crippen LogP contribution in [0, 0.1) is 0 Å². The van der Waals surface area contributed by atoms with Crippen LogP contribution in [-0.4, -0.2) is 33.0 Å². The molecule has 0 unspecified atom stereocenters. The zero-order valence-electron chi connectivity index (χ0n) is 10.1. The van der Waals surface area contributed by atoms with E-state index < -0.39 is 9.05 Å². The molecule has 0 aromatic carbocycles. The maximum absolute atomic E-state index is 11.4. The molecule has 2 aromatic heterocycles. The Morgan fingerprint density at radius 1 is 1.33 bits per heavy atom. The molecule has 0 aliphatic carbocycles. The molecule has 0 amide bonds. The van der Waals surface area contributed by atoms with Crippen LogP contribution >= 0.6 is 10.7 Å². The fraction of sp³-hybridized carbons (Fsp3) is 0.444. The van der Waals surface area contributed by atoms with Crippen LogP contribution in [0.4, 0.5) is 0 Å². The first kappa shape index (κ1) is 13.0. The topological polar surface area (TPSA) is 82.7 Å². The summed E-state index contributed by atoms with van der Waals surface area (Å²) in [5.74, 6) is 0.428. The van der Waals surface area contributed by atoms with Crippen LogP contribution in [0.5, 0.6) is 0 Å². The summed E-state index contributed by atoms with van der Waals surface area (Å²) in [6.07, 6.45) is 3.32. The highest BCUT2D eigenvalue weighted by molar-refractivity contribution is 8.13. The van der Waals surface area contributed by atoms with Crippen molar-refractivity contribution >= 4 is 19.7 Å². The van der Waals surface area contributed by atoms with Crippen molar-refractivity contribution in [1.29, 1.82) is 0 Å². The van der Waals surface area contributed by atoms with Crippen molar-refractivity contribution in [2.75, 3.05) is 0 Å². The van der Waals surface area contributed by atoms with Gasteiger partial charge in [0.05, 0.1) is 11.8 Å². The van der Waals surface area contributed by atoms with E-state index in [1.807, 2.05) is 13.8 Å². The molecular weight excluding hydrogens is 278 g/mol. The van der Waals surface area contributed by atoms with E-state index in [4.69, 9.17) is 10.7 Å². The average molecular weight is 290 g/mol. The van der Waals surface area contributed by atoms with Gasteiger partial charge >= 0.3 is 0 Å². The van der Waals surface area contributed by atoms with E-state index in [0.717, 1.165) is 0 Å². The minimum atomic E-state index is -3.92. The van der Waals surface area contributed by atoms with Crippen LogP contribution in [-0.2, 0) is 16.1 Å². The van der Waals surface area contributed by atoms with Gasteiger partial charge < -0.3 is 0 Å². The molecule has 0 saturated heterocycles. The largest absolute Gasteiger partial charge is 0.296 e. The van der Waals surface area contributed by atoms with Crippen LogP contribution in [0.1, 0.15) is 19.9 Å². The van der Waals surface area contributed by atoms with Crippen LogP contribution in [0.15, 0.2) is 17.6 Å². The number of hydrogen-bond acceptors (Lipinski definition) is 5. The Morgan fingerprint density at radius 3 is 2.44 bits per heavy atom. The zero-order chi connectivity index (χ0) is 13.5. The van der Waals surface area contributed by atoms with Gasteiger partial charge in [0.15, 0.2) is 5.82 Å². The Kier molecular flexibility index (Phi) is 3.16. The Bertz CT molecular complexity index is 673. The SMILES string of the molecule is CC(C)n1c(-c2cnn(C)c2)nnc1S(=O)(=O)Cl. The smallest absolute Gasteiger partial charge is 0.294 e. The van der Waals surface area contributed by atoms with Gasteiger partial charge in [0.2, 0.25) is 0 Å². The quantitative estimate of drug-likeness (QED) is 0.793. The van der Waals surface area contributed by atoms with Gasteiger partial charge in [-0.05, 0) is 13.8 Å². The molecule has 9 heteroatoms. The lowest BCUT2D eigenvalue weighted by molar-refractivity contribution is 0.530. The fourth-order valence-corrected chi connectivity index (χ4v) is 2.63. The van der Waals surface area contributed by atoms with Crippen LogP contribution in [0.25, 0.3) is 11.4 Å². The first-order valence-electron chi connectivity index (χ1n) is 5.19. The maximum Gasteiger partial charge on any atom is 0.296 e. The molecule has 0 radical (unpaired) electrons. The second kappa shape index (κ2) is 4.36. The molecule has 0 saturated carbocycles. The summed E-state index contributed by atoms with van der Waals surface area (Å²) in [5.41, 5.74) is 0.685.